The van der Waals surface area contributed by atoms with Crippen LogP contribution in [0.3, 0.4) is 0 Å². The highest BCUT2D eigenvalue weighted by molar-refractivity contribution is 6.33. The quantitative estimate of drug-likeness (QED) is 0.622. The lowest BCUT2D eigenvalue weighted by Gasteiger charge is -2.20. The third-order valence-electron chi connectivity index (χ3n) is 2.49. The van der Waals surface area contributed by atoms with Crippen LogP contribution in [0.15, 0.2) is 0 Å². The maximum Gasteiger partial charge on any atom is 0.206 e. The first-order valence-corrected chi connectivity index (χ1v) is 5.16. The Morgan fingerprint density at radius 2 is 2.08 bits per heavy atom. The summed E-state index contributed by atoms with van der Waals surface area (Å²) in [6.45, 7) is 7.03. The average molecular weight is 168 g/mol. The van der Waals surface area contributed by atoms with Gasteiger partial charge >= 0.3 is 0 Å². The second-order valence-electron chi connectivity index (χ2n) is 4.39. The average Bonchev–Trinajstić information content (AvgIpc) is 2.15. The van der Waals surface area contributed by atoms with Gasteiger partial charge in [-0.3, -0.25) is 0 Å². The maximum atomic E-state index is 5.90. The van der Waals surface area contributed by atoms with Crippen molar-refractivity contribution in [3.05, 3.63) is 0 Å². The fraction of sp³-hybridized carbons (Fsp3) is 1.00. The molecular weight excluding hydrogens is 147 g/mol. The molecule has 1 unspecified atom stereocenters. The molecule has 0 aromatic heterocycles. The molecule has 1 atom stereocenters. The Morgan fingerprint density at radius 3 is 2.75 bits per heavy atom. The summed E-state index contributed by atoms with van der Waals surface area (Å²) in [5.41, 5.74) is 5.90. The zero-order valence-electron chi connectivity index (χ0n) is 8.42. The molecular formula is C9H21BN2. The van der Waals surface area contributed by atoms with Gasteiger partial charge in [-0.2, -0.15) is 0 Å². The molecule has 0 aliphatic carbocycles. The molecule has 0 aromatic rings. The van der Waals surface area contributed by atoms with Crippen molar-refractivity contribution in [2.45, 2.75) is 45.0 Å². The first-order chi connectivity index (χ1) is 5.68. The highest BCUT2D eigenvalue weighted by Gasteiger charge is 2.15. The smallest absolute Gasteiger partial charge is 0.206 e. The molecule has 1 aliphatic heterocycles. The van der Waals surface area contributed by atoms with Crippen LogP contribution in [0.1, 0.15) is 33.1 Å². The molecule has 2 N–H and O–H groups in total. The summed E-state index contributed by atoms with van der Waals surface area (Å²) in [5, 5.41) is 0. The van der Waals surface area contributed by atoms with Crippen molar-refractivity contribution >= 4 is 7.41 Å². The van der Waals surface area contributed by atoms with Crippen LogP contribution in [0.25, 0.3) is 0 Å². The SMILES string of the molecule is CC(C)BN1CCCC(N)CC1. The molecule has 0 amide bonds. The van der Waals surface area contributed by atoms with Crippen molar-refractivity contribution in [1.29, 1.82) is 0 Å². The van der Waals surface area contributed by atoms with Gasteiger partial charge < -0.3 is 10.5 Å². The van der Waals surface area contributed by atoms with E-state index in [0.29, 0.717) is 6.04 Å². The maximum absolute atomic E-state index is 5.90. The van der Waals surface area contributed by atoms with Crippen molar-refractivity contribution in [3.63, 3.8) is 0 Å². The van der Waals surface area contributed by atoms with Gasteiger partial charge in [-0.25, -0.2) is 0 Å². The van der Waals surface area contributed by atoms with Gasteiger partial charge in [0.25, 0.3) is 0 Å². The van der Waals surface area contributed by atoms with Crippen molar-refractivity contribution in [2.24, 2.45) is 5.73 Å². The molecule has 1 fully saturated rings. The predicted molar refractivity (Wildman–Crippen MR) is 55.6 cm³/mol. The number of hydrogen-bond donors (Lipinski definition) is 1. The van der Waals surface area contributed by atoms with Gasteiger partial charge in [-0.05, 0) is 32.4 Å². The van der Waals surface area contributed by atoms with E-state index in [4.69, 9.17) is 5.73 Å². The molecule has 1 aliphatic rings. The Balaban J connectivity index is 2.26. The summed E-state index contributed by atoms with van der Waals surface area (Å²) in [6, 6.07) is 0.460. The number of hydrogen-bond acceptors (Lipinski definition) is 2. The van der Waals surface area contributed by atoms with Gasteiger partial charge in [0.15, 0.2) is 0 Å². The zero-order valence-corrected chi connectivity index (χ0v) is 8.42. The Bertz CT molecular complexity index is 128. The highest BCUT2D eigenvalue weighted by Crippen LogP contribution is 2.10. The van der Waals surface area contributed by atoms with Crippen LogP contribution < -0.4 is 5.73 Å². The third kappa shape index (κ3) is 3.59. The molecule has 3 heteroatoms. The molecule has 2 nitrogen and oxygen atoms in total. The van der Waals surface area contributed by atoms with Gasteiger partial charge in [-0.1, -0.05) is 19.7 Å². The van der Waals surface area contributed by atoms with E-state index in [9.17, 15) is 0 Å². The molecule has 1 saturated heterocycles. The topological polar surface area (TPSA) is 29.3 Å². The summed E-state index contributed by atoms with van der Waals surface area (Å²) < 4.78 is 0. The summed E-state index contributed by atoms with van der Waals surface area (Å²) in [7, 11) is 1.24. The Hall–Kier alpha value is -0.0151. The highest BCUT2D eigenvalue weighted by atomic mass is 15.0. The van der Waals surface area contributed by atoms with E-state index >= 15 is 0 Å². The number of nitrogens with zero attached hydrogens (tertiary/aromatic N) is 1. The van der Waals surface area contributed by atoms with Crippen LogP contribution in [-0.4, -0.2) is 31.4 Å². The lowest BCUT2D eigenvalue weighted by Crippen LogP contribution is -2.31. The normalized spacial score (nSPS) is 27.2. The Kier molecular flexibility index (Phi) is 4.09. The molecule has 1 rings (SSSR count). The molecule has 0 bridgehead atoms. The van der Waals surface area contributed by atoms with Crippen LogP contribution in [0, 0.1) is 0 Å². The van der Waals surface area contributed by atoms with Gasteiger partial charge in [-0.15, -0.1) is 0 Å². The minimum absolute atomic E-state index is 0.460. The van der Waals surface area contributed by atoms with E-state index in [1.54, 1.807) is 0 Å². The largest absolute Gasteiger partial charge is 0.345 e. The second kappa shape index (κ2) is 4.88. The van der Waals surface area contributed by atoms with E-state index in [1.165, 1.54) is 39.8 Å². The number of nitrogens with two attached hydrogens (primary N) is 1. The molecule has 0 aromatic carbocycles. The van der Waals surface area contributed by atoms with Crippen molar-refractivity contribution < 1.29 is 0 Å². The standard InChI is InChI=1S/C9H21BN2/c1-8(2)10-12-6-3-4-9(11)5-7-12/h8-10H,3-7,11H2,1-2H3. The van der Waals surface area contributed by atoms with Crippen molar-refractivity contribution in [3.8, 4) is 0 Å². The Morgan fingerprint density at radius 1 is 1.33 bits per heavy atom. The second-order valence-corrected chi connectivity index (χ2v) is 4.39. The van der Waals surface area contributed by atoms with E-state index < -0.39 is 0 Å². The molecule has 0 spiro atoms. The molecule has 0 radical (unpaired) electrons. The third-order valence-corrected chi connectivity index (χ3v) is 2.49. The number of rotatable bonds is 2. The van der Waals surface area contributed by atoms with E-state index in [0.717, 1.165) is 5.82 Å². The monoisotopic (exact) mass is 168 g/mol. The minimum atomic E-state index is 0.460. The fourth-order valence-corrected chi connectivity index (χ4v) is 1.88. The van der Waals surface area contributed by atoms with Crippen molar-refractivity contribution in [2.75, 3.05) is 13.1 Å². The predicted octanol–water partition coefficient (Wildman–Crippen LogP) is 0.979. The van der Waals surface area contributed by atoms with Crippen LogP contribution in [0.2, 0.25) is 5.82 Å². The lowest BCUT2D eigenvalue weighted by atomic mass is 9.76. The van der Waals surface area contributed by atoms with Crippen LogP contribution in [0.5, 0.6) is 0 Å². The van der Waals surface area contributed by atoms with Crippen LogP contribution in [0.4, 0.5) is 0 Å². The zero-order chi connectivity index (χ0) is 8.97. The first kappa shape index (κ1) is 10.1. The Labute approximate surface area is 76.8 Å². The summed E-state index contributed by atoms with van der Waals surface area (Å²) in [6.07, 6.45) is 3.69. The van der Waals surface area contributed by atoms with E-state index in [1.807, 2.05) is 0 Å². The molecule has 1 heterocycles. The summed E-state index contributed by atoms with van der Waals surface area (Å²) in [4.78, 5) is 2.55. The van der Waals surface area contributed by atoms with Gasteiger partial charge in [0, 0.05) is 6.04 Å². The summed E-state index contributed by atoms with van der Waals surface area (Å²) in [5.74, 6) is 0.791. The molecule has 70 valence electrons. The molecule has 12 heavy (non-hydrogen) atoms. The summed E-state index contributed by atoms with van der Waals surface area (Å²) >= 11 is 0. The minimum Gasteiger partial charge on any atom is -0.345 e. The van der Waals surface area contributed by atoms with Crippen LogP contribution in [-0.2, 0) is 0 Å². The lowest BCUT2D eigenvalue weighted by molar-refractivity contribution is 0.451. The van der Waals surface area contributed by atoms with Crippen molar-refractivity contribution in [1.82, 2.24) is 4.81 Å². The molecule has 0 saturated carbocycles. The van der Waals surface area contributed by atoms with E-state index in [-0.39, 0.29) is 0 Å². The van der Waals surface area contributed by atoms with E-state index in [2.05, 4.69) is 18.7 Å². The van der Waals surface area contributed by atoms with Gasteiger partial charge in [0.05, 0.1) is 0 Å². The van der Waals surface area contributed by atoms with Crippen LogP contribution >= 0.6 is 0 Å². The first-order valence-electron chi connectivity index (χ1n) is 5.16. The van der Waals surface area contributed by atoms with Gasteiger partial charge in [0.2, 0.25) is 7.41 Å². The fourth-order valence-electron chi connectivity index (χ4n) is 1.88. The van der Waals surface area contributed by atoms with Gasteiger partial charge in [0.1, 0.15) is 0 Å².